The molecule has 2 aliphatic heterocycles. The van der Waals surface area contributed by atoms with Crippen molar-refractivity contribution in [2.75, 3.05) is 7.11 Å². The number of fused-ring (bicyclic) bond motifs is 3. The van der Waals surface area contributed by atoms with E-state index in [2.05, 4.69) is 34.7 Å². The highest BCUT2D eigenvalue weighted by molar-refractivity contribution is 7.12. The van der Waals surface area contributed by atoms with Gasteiger partial charge in [0.15, 0.2) is 0 Å². The van der Waals surface area contributed by atoms with Gasteiger partial charge in [-0.2, -0.15) is 5.10 Å². The Morgan fingerprint density at radius 1 is 1.08 bits per heavy atom. The summed E-state index contributed by atoms with van der Waals surface area (Å²) in [4.78, 5) is 1.23. The van der Waals surface area contributed by atoms with E-state index in [0.717, 1.165) is 29.2 Å². The number of hydrogen-bond donors (Lipinski definition) is 0. The molecule has 0 fully saturated rings. The van der Waals surface area contributed by atoms with Gasteiger partial charge in [0, 0.05) is 17.5 Å². The molecule has 0 spiro atoms. The number of benzene rings is 2. The maximum atomic E-state index is 6.35. The minimum Gasteiger partial charge on any atom is -0.497 e. The van der Waals surface area contributed by atoms with Gasteiger partial charge in [0.05, 0.1) is 23.7 Å². The average molecular weight is 362 g/mol. The molecular formula is C21H18N2O2S. The van der Waals surface area contributed by atoms with Crippen molar-refractivity contribution in [1.29, 1.82) is 0 Å². The molecule has 2 aromatic carbocycles. The minimum absolute atomic E-state index is 0.198. The van der Waals surface area contributed by atoms with Crippen molar-refractivity contribution < 1.29 is 9.47 Å². The van der Waals surface area contributed by atoms with Crippen LogP contribution in [0.5, 0.6) is 11.5 Å². The normalized spacial score (nSPS) is 20.8. The Hall–Kier alpha value is -2.79. The molecule has 3 aromatic rings. The highest BCUT2D eigenvalue weighted by Gasteiger charge is 2.40. The third-order valence-electron chi connectivity index (χ3n) is 4.91. The van der Waals surface area contributed by atoms with Crippen molar-refractivity contribution >= 4 is 17.0 Å². The van der Waals surface area contributed by atoms with Crippen LogP contribution < -0.4 is 9.47 Å². The van der Waals surface area contributed by atoms with E-state index in [1.807, 2.05) is 36.4 Å². The zero-order valence-corrected chi connectivity index (χ0v) is 15.1. The Labute approximate surface area is 156 Å². The van der Waals surface area contributed by atoms with Crippen molar-refractivity contribution in [3.8, 4) is 11.5 Å². The second kappa shape index (κ2) is 6.18. The van der Waals surface area contributed by atoms with Gasteiger partial charge in [-0.1, -0.05) is 24.3 Å². The lowest BCUT2D eigenvalue weighted by Crippen LogP contribution is -2.33. The molecule has 5 heteroatoms. The zero-order chi connectivity index (χ0) is 17.5. The second-order valence-corrected chi connectivity index (χ2v) is 7.35. The lowest BCUT2D eigenvalue weighted by molar-refractivity contribution is -0.0190. The first-order chi connectivity index (χ1) is 12.8. The quantitative estimate of drug-likeness (QED) is 0.658. The molecule has 0 saturated heterocycles. The standard InChI is InChI=1S/C21H18N2O2S/c1-24-15-10-8-14(9-11-15)21-23-18(16-5-2-3-6-19(16)25-21)13-17(22-23)20-7-4-12-26-20/h2-12,18,21H,13H2,1H3/t18-,21+/m0/s1. The van der Waals surface area contributed by atoms with Gasteiger partial charge in [0.2, 0.25) is 6.23 Å². The number of rotatable bonds is 3. The molecule has 0 radical (unpaired) electrons. The van der Waals surface area contributed by atoms with Gasteiger partial charge in [0.1, 0.15) is 11.5 Å². The summed E-state index contributed by atoms with van der Waals surface area (Å²) in [5.74, 6) is 1.78. The topological polar surface area (TPSA) is 34.1 Å². The first-order valence-corrected chi connectivity index (χ1v) is 9.50. The fourth-order valence-corrected chi connectivity index (χ4v) is 4.34. The Bertz CT molecular complexity index is 950. The van der Waals surface area contributed by atoms with E-state index < -0.39 is 0 Å². The molecule has 0 amide bonds. The number of para-hydroxylation sites is 1. The third kappa shape index (κ3) is 2.47. The molecule has 0 saturated carbocycles. The molecule has 0 N–H and O–H groups in total. The molecular weight excluding hydrogens is 344 g/mol. The summed E-state index contributed by atoms with van der Waals surface area (Å²) in [5.41, 5.74) is 3.40. The minimum atomic E-state index is -0.238. The lowest BCUT2D eigenvalue weighted by Gasteiger charge is -2.38. The van der Waals surface area contributed by atoms with Crippen LogP contribution in [-0.4, -0.2) is 17.8 Å². The number of hydrazone groups is 1. The monoisotopic (exact) mass is 362 g/mol. The van der Waals surface area contributed by atoms with E-state index in [9.17, 15) is 0 Å². The van der Waals surface area contributed by atoms with Crippen LogP contribution in [0.15, 0.2) is 71.1 Å². The summed E-state index contributed by atoms with van der Waals surface area (Å²) in [7, 11) is 1.68. The van der Waals surface area contributed by atoms with E-state index in [0.29, 0.717) is 0 Å². The maximum absolute atomic E-state index is 6.35. The number of nitrogens with zero attached hydrogens (tertiary/aromatic N) is 2. The Morgan fingerprint density at radius 2 is 1.92 bits per heavy atom. The van der Waals surface area contributed by atoms with Crippen LogP contribution in [0.2, 0.25) is 0 Å². The van der Waals surface area contributed by atoms with Crippen LogP contribution in [0.3, 0.4) is 0 Å². The number of hydrogen-bond acceptors (Lipinski definition) is 5. The highest BCUT2D eigenvalue weighted by Crippen LogP contribution is 2.47. The molecule has 2 aliphatic rings. The molecule has 0 aliphatic carbocycles. The smallest absolute Gasteiger partial charge is 0.213 e. The number of thiophene rings is 1. The van der Waals surface area contributed by atoms with E-state index >= 15 is 0 Å². The highest BCUT2D eigenvalue weighted by atomic mass is 32.1. The summed E-state index contributed by atoms with van der Waals surface area (Å²) in [6, 6.07) is 20.7. The molecule has 26 heavy (non-hydrogen) atoms. The van der Waals surface area contributed by atoms with E-state index in [4.69, 9.17) is 14.6 Å². The zero-order valence-electron chi connectivity index (χ0n) is 14.3. The van der Waals surface area contributed by atoms with Crippen LogP contribution >= 0.6 is 11.3 Å². The predicted molar refractivity (Wildman–Crippen MR) is 103 cm³/mol. The van der Waals surface area contributed by atoms with Gasteiger partial charge >= 0.3 is 0 Å². The number of methoxy groups -OCH3 is 1. The van der Waals surface area contributed by atoms with Crippen LogP contribution in [0.1, 0.15) is 34.7 Å². The van der Waals surface area contributed by atoms with Gasteiger partial charge in [0.25, 0.3) is 0 Å². The van der Waals surface area contributed by atoms with E-state index in [-0.39, 0.29) is 12.3 Å². The van der Waals surface area contributed by atoms with Crippen molar-refractivity contribution in [2.45, 2.75) is 18.7 Å². The predicted octanol–water partition coefficient (Wildman–Crippen LogP) is 5.00. The molecule has 2 atom stereocenters. The fourth-order valence-electron chi connectivity index (χ4n) is 3.61. The van der Waals surface area contributed by atoms with Crippen molar-refractivity contribution in [1.82, 2.24) is 5.01 Å². The summed E-state index contributed by atoms with van der Waals surface area (Å²) in [6.45, 7) is 0. The third-order valence-corrected chi connectivity index (χ3v) is 5.82. The van der Waals surface area contributed by atoms with Gasteiger partial charge in [-0.3, -0.25) is 0 Å². The van der Waals surface area contributed by atoms with E-state index in [1.165, 1.54) is 10.4 Å². The Morgan fingerprint density at radius 3 is 2.69 bits per heavy atom. The first-order valence-electron chi connectivity index (χ1n) is 8.63. The summed E-state index contributed by atoms with van der Waals surface area (Å²) >= 11 is 1.73. The first kappa shape index (κ1) is 15.5. The van der Waals surface area contributed by atoms with Gasteiger partial charge in [-0.25, -0.2) is 5.01 Å². The molecule has 0 unspecified atom stereocenters. The summed E-state index contributed by atoms with van der Waals surface area (Å²) < 4.78 is 11.6. The summed E-state index contributed by atoms with van der Waals surface area (Å²) in [6.07, 6.45) is 0.659. The van der Waals surface area contributed by atoms with Crippen LogP contribution in [0.4, 0.5) is 0 Å². The average Bonchev–Trinajstić information content (AvgIpc) is 3.37. The van der Waals surface area contributed by atoms with Gasteiger partial charge < -0.3 is 9.47 Å². The van der Waals surface area contributed by atoms with Crippen molar-refractivity contribution in [3.63, 3.8) is 0 Å². The van der Waals surface area contributed by atoms with Crippen molar-refractivity contribution in [3.05, 3.63) is 82.0 Å². The number of ether oxygens (including phenoxy) is 2. The molecule has 3 heterocycles. The van der Waals surface area contributed by atoms with Gasteiger partial charge in [-0.05, 0) is 41.8 Å². The molecule has 1 aromatic heterocycles. The SMILES string of the molecule is COc1ccc([C@H]2Oc3ccccc3[C@@H]3CC(c4cccs4)=NN23)cc1. The van der Waals surface area contributed by atoms with Crippen LogP contribution in [0, 0.1) is 0 Å². The largest absolute Gasteiger partial charge is 0.497 e. The Balaban J connectivity index is 1.58. The summed E-state index contributed by atoms with van der Waals surface area (Å²) in [5, 5.41) is 9.16. The lowest BCUT2D eigenvalue weighted by atomic mass is 9.98. The second-order valence-electron chi connectivity index (χ2n) is 6.41. The maximum Gasteiger partial charge on any atom is 0.213 e. The van der Waals surface area contributed by atoms with Crippen molar-refractivity contribution in [2.24, 2.45) is 5.10 Å². The van der Waals surface area contributed by atoms with Crippen LogP contribution in [-0.2, 0) is 0 Å². The molecule has 5 rings (SSSR count). The fraction of sp³-hybridized carbons (Fsp3) is 0.190. The van der Waals surface area contributed by atoms with Crippen LogP contribution in [0.25, 0.3) is 0 Å². The molecule has 130 valence electrons. The van der Waals surface area contributed by atoms with Gasteiger partial charge in [-0.15, -0.1) is 11.3 Å². The molecule has 4 nitrogen and oxygen atoms in total. The van der Waals surface area contributed by atoms with E-state index in [1.54, 1.807) is 18.4 Å². The molecule has 0 bridgehead atoms. The Kier molecular flexibility index (Phi) is 3.68.